The number of nitrogens with zero attached hydrogens (tertiary/aromatic N) is 5. The van der Waals surface area contributed by atoms with Crippen molar-refractivity contribution in [1.82, 2.24) is 30.2 Å². The van der Waals surface area contributed by atoms with Gasteiger partial charge < -0.3 is 5.32 Å². The van der Waals surface area contributed by atoms with Crippen molar-refractivity contribution in [2.45, 2.75) is 24.9 Å². The molecule has 1 amide bonds. The van der Waals surface area contributed by atoms with Crippen LogP contribution >= 0.6 is 0 Å². The van der Waals surface area contributed by atoms with Gasteiger partial charge in [0.2, 0.25) is 5.91 Å². The van der Waals surface area contributed by atoms with E-state index < -0.39 is 5.54 Å². The zero-order valence-corrected chi connectivity index (χ0v) is 12.4. The minimum atomic E-state index is -0.791. The van der Waals surface area contributed by atoms with Crippen LogP contribution in [0.15, 0.2) is 37.2 Å². The number of hydrogen-bond acceptors (Lipinski definition) is 6. The monoisotopic (exact) mass is 298 g/mol. The van der Waals surface area contributed by atoms with Crippen molar-refractivity contribution in [2.75, 3.05) is 13.6 Å². The summed E-state index contributed by atoms with van der Waals surface area (Å²) in [5.74, 6) is -0.0607. The van der Waals surface area contributed by atoms with E-state index >= 15 is 0 Å². The number of nitrogens with one attached hydrogen (secondary N) is 1. The molecule has 114 valence electrons. The van der Waals surface area contributed by atoms with Gasteiger partial charge in [0.1, 0.15) is 5.54 Å². The van der Waals surface area contributed by atoms with E-state index in [1.54, 1.807) is 44.2 Å². The first kappa shape index (κ1) is 14.5. The van der Waals surface area contributed by atoms with Crippen molar-refractivity contribution in [3.8, 4) is 0 Å². The number of hydrogen-bond donors (Lipinski definition) is 1. The topological polar surface area (TPSA) is 83.9 Å². The van der Waals surface area contributed by atoms with E-state index in [1.165, 1.54) is 0 Å². The van der Waals surface area contributed by atoms with Gasteiger partial charge in [-0.25, -0.2) is 0 Å². The average Bonchev–Trinajstić information content (AvgIpc) is 3.00. The lowest BCUT2D eigenvalue weighted by Crippen LogP contribution is -2.52. The molecular weight excluding hydrogens is 280 g/mol. The van der Waals surface area contributed by atoms with Crippen molar-refractivity contribution < 1.29 is 4.79 Å². The molecule has 22 heavy (non-hydrogen) atoms. The molecular formula is C15H18N6O. The Morgan fingerprint density at radius 1 is 1.23 bits per heavy atom. The van der Waals surface area contributed by atoms with Crippen LogP contribution in [-0.4, -0.2) is 44.3 Å². The van der Waals surface area contributed by atoms with Crippen molar-refractivity contribution in [3.05, 3.63) is 48.6 Å². The summed E-state index contributed by atoms with van der Waals surface area (Å²) >= 11 is 0. The molecule has 0 aromatic carbocycles. The molecule has 0 bridgehead atoms. The van der Waals surface area contributed by atoms with E-state index in [4.69, 9.17) is 0 Å². The summed E-state index contributed by atoms with van der Waals surface area (Å²) < 4.78 is 0. The van der Waals surface area contributed by atoms with E-state index in [0.29, 0.717) is 18.7 Å². The maximum Gasteiger partial charge on any atom is 0.246 e. The number of rotatable bonds is 4. The van der Waals surface area contributed by atoms with Crippen LogP contribution in [0.2, 0.25) is 0 Å². The summed E-state index contributed by atoms with van der Waals surface area (Å²) in [5, 5.41) is 2.78. The zero-order valence-electron chi connectivity index (χ0n) is 12.4. The first-order valence-electron chi connectivity index (χ1n) is 7.26. The van der Waals surface area contributed by atoms with Crippen LogP contribution in [0.3, 0.4) is 0 Å². The third kappa shape index (κ3) is 2.43. The summed E-state index contributed by atoms with van der Waals surface area (Å²) in [6, 6.07) is 0. The van der Waals surface area contributed by atoms with Gasteiger partial charge >= 0.3 is 0 Å². The number of carbonyl (C=O) groups is 1. The summed E-state index contributed by atoms with van der Waals surface area (Å²) in [6.45, 7) is 1.36. The van der Waals surface area contributed by atoms with Gasteiger partial charge in [-0.2, -0.15) is 0 Å². The Labute approximate surface area is 128 Å². The van der Waals surface area contributed by atoms with E-state index in [2.05, 4.69) is 30.2 Å². The highest BCUT2D eigenvalue weighted by Gasteiger charge is 2.49. The zero-order chi connectivity index (χ0) is 15.4. The Kier molecular flexibility index (Phi) is 4.06. The molecule has 1 aliphatic heterocycles. The van der Waals surface area contributed by atoms with Crippen LogP contribution in [0.4, 0.5) is 0 Å². The molecule has 3 rings (SSSR count). The molecule has 1 aliphatic rings. The second-order valence-electron chi connectivity index (χ2n) is 5.25. The van der Waals surface area contributed by atoms with Gasteiger partial charge in [-0.3, -0.25) is 29.6 Å². The largest absolute Gasteiger partial charge is 0.357 e. The van der Waals surface area contributed by atoms with Crippen molar-refractivity contribution in [1.29, 1.82) is 0 Å². The molecule has 0 spiro atoms. The normalized spacial score (nSPS) is 21.7. The minimum absolute atomic E-state index is 0.0607. The van der Waals surface area contributed by atoms with Crippen molar-refractivity contribution >= 4 is 5.91 Å². The second kappa shape index (κ2) is 6.15. The van der Waals surface area contributed by atoms with E-state index in [9.17, 15) is 4.79 Å². The lowest BCUT2D eigenvalue weighted by atomic mass is 9.90. The molecule has 1 saturated heterocycles. The fourth-order valence-electron chi connectivity index (χ4n) is 3.08. The van der Waals surface area contributed by atoms with E-state index in [-0.39, 0.29) is 5.91 Å². The fourth-order valence-corrected chi connectivity index (χ4v) is 3.08. The molecule has 1 N–H and O–H groups in total. The van der Waals surface area contributed by atoms with Crippen LogP contribution in [0.5, 0.6) is 0 Å². The van der Waals surface area contributed by atoms with Gasteiger partial charge in [-0.05, 0) is 12.8 Å². The Balaban J connectivity index is 1.99. The lowest BCUT2D eigenvalue weighted by molar-refractivity contribution is -0.132. The molecule has 0 radical (unpaired) electrons. The van der Waals surface area contributed by atoms with Crippen LogP contribution < -0.4 is 5.32 Å². The summed E-state index contributed by atoms with van der Waals surface area (Å²) in [6.07, 6.45) is 11.6. The highest BCUT2D eigenvalue weighted by molar-refractivity contribution is 5.87. The summed E-state index contributed by atoms with van der Waals surface area (Å²) in [7, 11) is 1.65. The van der Waals surface area contributed by atoms with Gasteiger partial charge in [-0.15, -0.1) is 0 Å². The molecule has 1 atom stereocenters. The number of aromatic nitrogens is 4. The quantitative estimate of drug-likeness (QED) is 0.885. The highest BCUT2D eigenvalue weighted by Crippen LogP contribution is 2.38. The van der Waals surface area contributed by atoms with Crippen molar-refractivity contribution in [3.63, 3.8) is 0 Å². The Hall–Kier alpha value is -2.41. The number of likely N-dealkylation sites (tertiary alicyclic amines) is 1. The second-order valence-corrected chi connectivity index (χ2v) is 5.25. The van der Waals surface area contributed by atoms with Crippen LogP contribution in [0, 0.1) is 0 Å². The SMILES string of the molecule is CNC(=O)[C@@]1(c2cnccn2)CCCN1Cc1cnccn1. The van der Waals surface area contributed by atoms with Crippen molar-refractivity contribution in [2.24, 2.45) is 0 Å². The first-order chi connectivity index (χ1) is 10.8. The molecule has 0 saturated carbocycles. The molecule has 7 heteroatoms. The number of carbonyl (C=O) groups excluding carboxylic acids is 1. The smallest absolute Gasteiger partial charge is 0.246 e. The Bertz CT molecular complexity index is 635. The third-order valence-electron chi connectivity index (χ3n) is 4.07. The van der Waals surface area contributed by atoms with E-state index in [0.717, 1.165) is 18.7 Å². The standard InChI is InChI=1S/C15H18N6O/c1-16-14(22)15(13-10-18-5-7-20-13)3-2-8-21(15)11-12-9-17-4-6-19-12/h4-7,9-10H,2-3,8,11H2,1H3,(H,16,22)/t15-/m0/s1. The van der Waals surface area contributed by atoms with Gasteiger partial charge in [-0.1, -0.05) is 0 Å². The highest BCUT2D eigenvalue weighted by atomic mass is 16.2. The Morgan fingerprint density at radius 2 is 2.00 bits per heavy atom. The number of likely N-dealkylation sites (N-methyl/N-ethyl adjacent to an activating group) is 1. The lowest BCUT2D eigenvalue weighted by Gasteiger charge is -2.35. The van der Waals surface area contributed by atoms with Gasteiger partial charge in [0.15, 0.2) is 0 Å². The summed E-state index contributed by atoms with van der Waals surface area (Å²) in [4.78, 5) is 31.7. The molecule has 2 aromatic rings. The molecule has 0 aliphatic carbocycles. The third-order valence-corrected chi connectivity index (χ3v) is 4.07. The fraction of sp³-hybridized carbons (Fsp3) is 0.400. The van der Waals surface area contributed by atoms with Crippen LogP contribution in [-0.2, 0) is 16.9 Å². The molecule has 1 fully saturated rings. The summed E-state index contributed by atoms with van der Waals surface area (Å²) in [5.41, 5.74) is 0.720. The van der Waals surface area contributed by atoms with Crippen LogP contribution in [0.1, 0.15) is 24.2 Å². The molecule has 3 heterocycles. The van der Waals surface area contributed by atoms with Gasteiger partial charge in [0.25, 0.3) is 0 Å². The maximum atomic E-state index is 12.7. The predicted octanol–water partition coefficient (Wildman–Crippen LogP) is 0.504. The van der Waals surface area contributed by atoms with E-state index in [1.807, 2.05) is 0 Å². The number of amides is 1. The predicted molar refractivity (Wildman–Crippen MR) is 79.5 cm³/mol. The molecule has 0 unspecified atom stereocenters. The molecule has 7 nitrogen and oxygen atoms in total. The van der Waals surface area contributed by atoms with Crippen LogP contribution in [0.25, 0.3) is 0 Å². The first-order valence-corrected chi connectivity index (χ1v) is 7.26. The Morgan fingerprint density at radius 3 is 2.64 bits per heavy atom. The minimum Gasteiger partial charge on any atom is -0.357 e. The van der Waals surface area contributed by atoms with Gasteiger partial charge in [0.05, 0.1) is 17.6 Å². The maximum absolute atomic E-state index is 12.7. The average molecular weight is 298 g/mol. The van der Waals surface area contributed by atoms with Gasteiger partial charge in [0, 0.05) is 51.1 Å². The molecule has 2 aromatic heterocycles.